The average molecular weight is 348 g/mol. The first kappa shape index (κ1) is 17.2. The summed E-state index contributed by atoms with van der Waals surface area (Å²) >= 11 is 0. The second-order valence-corrected chi connectivity index (χ2v) is 5.97. The molecule has 2 aliphatic heterocycles. The van der Waals surface area contributed by atoms with Crippen LogP contribution in [0.3, 0.4) is 0 Å². The van der Waals surface area contributed by atoms with Gasteiger partial charge < -0.3 is 24.4 Å². The number of benzene rings is 1. The first-order valence-corrected chi connectivity index (χ1v) is 8.20. The van der Waals surface area contributed by atoms with E-state index in [9.17, 15) is 14.4 Å². The Morgan fingerprint density at radius 2 is 2.16 bits per heavy atom. The van der Waals surface area contributed by atoms with Gasteiger partial charge in [-0.1, -0.05) is 6.07 Å². The van der Waals surface area contributed by atoms with Gasteiger partial charge in [-0.2, -0.15) is 0 Å². The molecular formula is C17H20N2O6. The number of hydrogen-bond donors (Lipinski definition) is 1. The van der Waals surface area contributed by atoms with Crippen molar-refractivity contribution in [2.75, 3.05) is 37.7 Å². The van der Waals surface area contributed by atoms with Crippen LogP contribution in [0, 0.1) is 0 Å². The standard InChI is InChI=1S/C17H20N2O6/c20-15-5-2-6-19(15)12-3-1-4-13(9-12)25-11-16(21)18-7-8-24-14(10-18)17(22)23/h1,3-4,9,14H,2,5-8,10-11H2,(H,22,23). The van der Waals surface area contributed by atoms with E-state index in [-0.39, 0.29) is 31.6 Å². The second kappa shape index (κ2) is 7.52. The van der Waals surface area contributed by atoms with Gasteiger partial charge in [-0.05, 0) is 18.6 Å². The summed E-state index contributed by atoms with van der Waals surface area (Å²) in [4.78, 5) is 38.1. The van der Waals surface area contributed by atoms with E-state index >= 15 is 0 Å². The van der Waals surface area contributed by atoms with Crippen LogP contribution in [0.2, 0.25) is 0 Å². The monoisotopic (exact) mass is 348 g/mol. The zero-order valence-corrected chi connectivity index (χ0v) is 13.7. The van der Waals surface area contributed by atoms with Crippen molar-refractivity contribution in [2.45, 2.75) is 18.9 Å². The SMILES string of the molecule is O=C(O)C1CN(C(=O)COc2cccc(N3CCCC3=O)c2)CCO1. The van der Waals surface area contributed by atoms with Gasteiger partial charge in [0.1, 0.15) is 5.75 Å². The first-order valence-electron chi connectivity index (χ1n) is 8.20. The fourth-order valence-electron chi connectivity index (χ4n) is 2.92. The van der Waals surface area contributed by atoms with Crippen LogP contribution in [0.1, 0.15) is 12.8 Å². The second-order valence-electron chi connectivity index (χ2n) is 5.97. The van der Waals surface area contributed by atoms with Crippen LogP contribution in [-0.4, -0.2) is 66.7 Å². The third-order valence-electron chi connectivity index (χ3n) is 4.26. The lowest BCUT2D eigenvalue weighted by Gasteiger charge is -2.30. The number of carbonyl (C=O) groups is 3. The fraction of sp³-hybridized carbons (Fsp3) is 0.471. The molecule has 0 spiro atoms. The number of carboxylic acids is 1. The van der Waals surface area contributed by atoms with Crippen LogP contribution in [-0.2, 0) is 19.1 Å². The Balaban J connectivity index is 1.57. The maximum Gasteiger partial charge on any atom is 0.334 e. The smallest absolute Gasteiger partial charge is 0.334 e. The molecule has 3 rings (SSSR count). The first-order chi connectivity index (χ1) is 12.0. The molecule has 2 fully saturated rings. The van der Waals surface area contributed by atoms with Crippen LogP contribution in [0.5, 0.6) is 5.75 Å². The molecule has 1 unspecified atom stereocenters. The third-order valence-corrected chi connectivity index (χ3v) is 4.26. The van der Waals surface area contributed by atoms with Crippen molar-refractivity contribution in [3.8, 4) is 5.75 Å². The van der Waals surface area contributed by atoms with Crippen LogP contribution >= 0.6 is 0 Å². The van der Waals surface area contributed by atoms with Crippen LogP contribution in [0.25, 0.3) is 0 Å². The van der Waals surface area contributed by atoms with Crippen molar-refractivity contribution >= 4 is 23.5 Å². The lowest BCUT2D eigenvalue weighted by atomic mass is 10.2. The molecule has 2 heterocycles. The van der Waals surface area contributed by atoms with Gasteiger partial charge >= 0.3 is 5.97 Å². The van der Waals surface area contributed by atoms with Gasteiger partial charge in [-0.3, -0.25) is 9.59 Å². The minimum Gasteiger partial charge on any atom is -0.484 e. The number of anilines is 1. The van der Waals surface area contributed by atoms with E-state index in [0.29, 0.717) is 25.3 Å². The average Bonchev–Trinajstić information content (AvgIpc) is 3.06. The summed E-state index contributed by atoms with van der Waals surface area (Å²) in [5, 5.41) is 8.98. The Kier molecular flexibility index (Phi) is 5.18. The van der Waals surface area contributed by atoms with Gasteiger partial charge in [0.15, 0.2) is 12.7 Å². The fourth-order valence-corrected chi connectivity index (χ4v) is 2.92. The van der Waals surface area contributed by atoms with E-state index in [1.807, 2.05) is 6.07 Å². The highest BCUT2D eigenvalue weighted by atomic mass is 16.5. The topological polar surface area (TPSA) is 96.4 Å². The number of ether oxygens (including phenoxy) is 2. The van der Waals surface area contributed by atoms with Gasteiger partial charge in [0.25, 0.3) is 5.91 Å². The van der Waals surface area contributed by atoms with Crippen molar-refractivity contribution in [2.24, 2.45) is 0 Å². The summed E-state index contributed by atoms with van der Waals surface area (Å²) in [5.74, 6) is -0.798. The quantitative estimate of drug-likeness (QED) is 0.833. The van der Waals surface area contributed by atoms with Gasteiger partial charge in [0, 0.05) is 31.3 Å². The number of amides is 2. The van der Waals surface area contributed by atoms with Crippen LogP contribution < -0.4 is 9.64 Å². The molecule has 0 aliphatic carbocycles. The van der Waals surface area contributed by atoms with Crippen molar-refractivity contribution < 1.29 is 29.0 Å². The molecule has 0 radical (unpaired) electrons. The number of carboxylic acid groups (broad SMARTS) is 1. The van der Waals surface area contributed by atoms with E-state index in [2.05, 4.69) is 0 Å². The van der Waals surface area contributed by atoms with E-state index in [4.69, 9.17) is 14.6 Å². The molecule has 2 amide bonds. The summed E-state index contributed by atoms with van der Waals surface area (Å²) in [5.41, 5.74) is 0.754. The Labute approximate surface area is 144 Å². The molecule has 1 N–H and O–H groups in total. The van der Waals surface area contributed by atoms with Gasteiger partial charge in [-0.25, -0.2) is 4.79 Å². The van der Waals surface area contributed by atoms with Crippen LogP contribution in [0.15, 0.2) is 24.3 Å². The largest absolute Gasteiger partial charge is 0.484 e. The molecule has 1 aromatic carbocycles. The zero-order valence-electron chi connectivity index (χ0n) is 13.7. The van der Waals surface area contributed by atoms with Gasteiger partial charge in [0.2, 0.25) is 5.91 Å². The van der Waals surface area contributed by atoms with E-state index < -0.39 is 12.1 Å². The predicted molar refractivity (Wildman–Crippen MR) is 87.5 cm³/mol. The summed E-state index contributed by atoms with van der Waals surface area (Å²) in [7, 11) is 0. The van der Waals surface area contributed by atoms with E-state index in [0.717, 1.165) is 12.1 Å². The third kappa shape index (κ3) is 4.08. The molecule has 2 saturated heterocycles. The molecule has 8 heteroatoms. The van der Waals surface area contributed by atoms with Crippen molar-refractivity contribution in [1.29, 1.82) is 0 Å². The Morgan fingerprint density at radius 3 is 2.88 bits per heavy atom. The molecule has 134 valence electrons. The summed E-state index contributed by atoms with van der Waals surface area (Å²) < 4.78 is 10.6. The van der Waals surface area contributed by atoms with Crippen molar-refractivity contribution in [3.63, 3.8) is 0 Å². The Hall–Kier alpha value is -2.61. The highest BCUT2D eigenvalue weighted by molar-refractivity contribution is 5.95. The molecule has 8 nitrogen and oxygen atoms in total. The normalized spacial score (nSPS) is 20.6. The van der Waals surface area contributed by atoms with Gasteiger partial charge in [0.05, 0.1) is 13.2 Å². The summed E-state index contributed by atoms with van der Waals surface area (Å²) in [6.07, 6.45) is 0.386. The van der Waals surface area contributed by atoms with E-state index in [1.54, 1.807) is 23.1 Å². The maximum atomic E-state index is 12.2. The molecule has 25 heavy (non-hydrogen) atoms. The number of carbonyl (C=O) groups excluding carboxylic acids is 2. The van der Waals surface area contributed by atoms with Crippen molar-refractivity contribution in [3.05, 3.63) is 24.3 Å². The minimum absolute atomic E-state index is 0.0137. The highest BCUT2D eigenvalue weighted by Crippen LogP contribution is 2.25. The Morgan fingerprint density at radius 1 is 1.32 bits per heavy atom. The molecule has 0 bridgehead atoms. The predicted octanol–water partition coefficient (Wildman–Crippen LogP) is 0.504. The van der Waals surface area contributed by atoms with E-state index in [1.165, 1.54) is 4.90 Å². The minimum atomic E-state index is -1.08. The van der Waals surface area contributed by atoms with Crippen molar-refractivity contribution in [1.82, 2.24) is 4.90 Å². The number of rotatable bonds is 5. The molecular weight excluding hydrogens is 328 g/mol. The molecule has 1 aromatic rings. The summed E-state index contributed by atoms with van der Waals surface area (Å²) in [6.45, 7) is 1.04. The number of nitrogens with zero attached hydrogens (tertiary/aromatic N) is 2. The Bertz CT molecular complexity index is 677. The zero-order chi connectivity index (χ0) is 17.8. The lowest BCUT2D eigenvalue weighted by Crippen LogP contribution is -2.49. The van der Waals surface area contributed by atoms with Gasteiger partial charge in [-0.15, -0.1) is 0 Å². The lowest BCUT2D eigenvalue weighted by molar-refractivity contribution is -0.159. The molecule has 0 saturated carbocycles. The maximum absolute atomic E-state index is 12.2. The molecule has 2 aliphatic rings. The number of morpholine rings is 1. The molecule has 1 atom stereocenters. The highest BCUT2D eigenvalue weighted by Gasteiger charge is 2.29. The van der Waals surface area contributed by atoms with Crippen LogP contribution in [0.4, 0.5) is 5.69 Å². The number of hydrogen-bond acceptors (Lipinski definition) is 5. The molecule has 0 aromatic heterocycles. The number of aliphatic carboxylic acids is 1. The summed E-state index contributed by atoms with van der Waals surface area (Å²) in [6, 6.07) is 7.06.